The van der Waals surface area contributed by atoms with Gasteiger partial charge >= 0.3 is 0 Å². The van der Waals surface area contributed by atoms with E-state index in [9.17, 15) is 9.59 Å². The van der Waals surface area contributed by atoms with Crippen LogP contribution in [-0.2, 0) is 17.8 Å². The van der Waals surface area contributed by atoms with Crippen molar-refractivity contribution in [1.82, 2.24) is 19.9 Å². The summed E-state index contributed by atoms with van der Waals surface area (Å²) in [6.07, 6.45) is 8.49. The molecule has 0 radical (unpaired) electrons. The fourth-order valence-electron chi connectivity index (χ4n) is 5.97. The zero-order chi connectivity index (χ0) is 23.1. The van der Waals surface area contributed by atoms with E-state index in [1.54, 1.807) is 10.9 Å². The molecule has 0 spiro atoms. The van der Waals surface area contributed by atoms with Crippen molar-refractivity contribution in [3.63, 3.8) is 0 Å². The van der Waals surface area contributed by atoms with Gasteiger partial charge in [0.15, 0.2) is 0 Å². The van der Waals surface area contributed by atoms with Gasteiger partial charge < -0.3 is 10.3 Å². The van der Waals surface area contributed by atoms with E-state index < -0.39 is 0 Å². The molecule has 2 aliphatic carbocycles. The topological polar surface area (TPSA) is 79.8 Å². The molecule has 2 N–H and O–H groups in total. The van der Waals surface area contributed by atoms with Crippen molar-refractivity contribution < 1.29 is 4.79 Å². The number of fused-ring (bicyclic) bond motifs is 4. The smallest absolute Gasteiger partial charge is 0.261 e. The van der Waals surface area contributed by atoms with Gasteiger partial charge in [-0.25, -0.2) is 4.98 Å². The quantitative estimate of drug-likeness (QED) is 0.461. The third kappa shape index (κ3) is 3.81. The molecule has 174 valence electrons. The highest BCUT2D eigenvalue weighted by molar-refractivity contribution is 5.86. The van der Waals surface area contributed by atoms with E-state index >= 15 is 0 Å². The number of benzene rings is 2. The monoisotopic (exact) mass is 454 g/mol. The molecule has 2 aromatic carbocycles. The molecule has 6 rings (SSSR count). The number of H-pyrrole nitrogens is 1. The first-order valence-corrected chi connectivity index (χ1v) is 12.5. The molecule has 1 saturated carbocycles. The van der Waals surface area contributed by atoms with Gasteiger partial charge in [0, 0.05) is 29.1 Å². The van der Waals surface area contributed by atoms with Crippen molar-refractivity contribution in [3.8, 4) is 0 Å². The Morgan fingerprint density at radius 3 is 2.62 bits per heavy atom. The lowest BCUT2D eigenvalue weighted by molar-refractivity contribution is -0.127. The summed E-state index contributed by atoms with van der Waals surface area (Å²) in [5.41, 5.74) is 4.48. The molecule has 2 aliphatic rings. The molecule has 1 amide bonds. The van der Waals surface area contributed by atoms with Gasteiger partial charge in [-0.15, -0.1) is 0 Å². The minimum Gasteiger partial charge on any atom is -0.356 e. The first kappa shape index (κ1) is 21.1. The summed E-state index contributed by atoms with van der Waals surface area (Å²) in [4.78, 5) is 34.0. The Morgan fingerprint density at radius 2 is 1.76 bits per heavy atom. The van der Waals surface area contributed by atoms with Gasteiger partial charge in [-0.3, -0.25) is 14.2 Å². The zero-order valence-corrected chi connectivity index (χ0v) is 19.3. The number of para-hydroxylation sites is 2. The molecule has 6 heteroatoms. The minimum absolute atomic E-state index is 0.0249. The van der Waals surface area contributed by atoms with E-state index in [-0.39, 0.29) is 23.4 Å². The number of aromatic nitrogens is 3. The number of carbonyl (C=O) groups is 1. The Kier molecular flexibility index (Phi) is 5.44. The maximum absolute atomic E-state index is 13.2. The fraction of sp³-hybridized carbons (Fsp3) is 0.393. The lowest BCUT2D eigenvalue weighted by Gasteiger charge is -2.30. The number of amides is 1. The van der Waals surface area contributed by atoms with Gasteiger partial charge in [0.1, 0.15) is 0 Å². The molecular weight excluding hydrogens is 424 g/mol. The van der Waals surface area contributed by atoms with E-state index in [1.165, 1.54) is 16.6 Å². The second-order valence-corrected chi connectivity index (χ2v) is 9.95. The third-order valence-electron chi connectivity index (χ3n) is 7.84. The second-order valence-electron chi connectivity index (χ2n) is 9.95. The van der Waals surface area contributed by atoms with Crippen LogP contribution in [0.4, 0.5) is 0 Å². The first-order chi connectivity index (χ1) is 16.7. The van der Waals surface area contributed by atoms with Crippen LogP contribution in [0.5, 0.6) is 0 Å². The van der Waals surface area contributed by atoms with Crippen LogP contribution in [-0.4, -0.2) is 20.4 Å². The number of carbonyl (C=O) groups excluding carboxylic acids is 1. The predicted octanol–water partition coefficient (Wildman–Crippen LogP) is 4.88. The van der Waals surface area contributed by atoms with E-state index in [1.807, 2.05) is 24.3 Å². The number of rotatable bonds is 4. The zero-order valence-electron chi connectivity index (χ0n) is 19.3. The van der Waals surface area contributed by atoms with Crippen molar-refractivity contribution in [3.05, 3.63) is 76.5 Å². The highest BCUT2D eigenvalue weighted by Gasteiger charge is 2.31. The van der Waals surface area contributed by atoms with Crippen LogP contribution in [0.25, 0.3) is 21.8 Å². The highest BCUT2D eigenvalue weighted by Crippen LogP contribution is 2.36. The highest BCUT2D eigenvalue weighted by atomic mass is 16.2. The molecule has 0 aliphatic heterocycles. The van der Waals surface area contributed by atoms with E-state index in [0.717, 1.165) is 56.0 Å². The molecule has 34 heavy (non-hydrogen) atoms. The van der Waals surface area contributed by atoms with Gasteiger partial charge in [-0.1, -0.05) is 30.3 Å². The lowest BCUT2D eigenvalue weighted by Crippen LogP contribution is -2.37. The standard InChI is InChI=1S/C28H30N4O2/c33-27(31-25-11-5-8-21-20-6-1-4-10-24(20)30-26(21)25)19-14-12-18(13-15-19)16-32-17-29-23-9-3-2-7-22(23)28(32)34/h1-4,6-7,9-10,17-19,25,30H,5,8,11-16H2,(H,31,33). The van der Waals surface area contributed by atoms with Crippen molar-refractivity contribution in [1.29, 1.82) is 0 Å². The van der Waals surface area contributed by atoms with Crippen LogP contribution in [0, 0.1) is 11.8 Å². The Hall–Kier alpha value is -3.41. The third-order valence-corrected chi connectivity index (χ3v) is 7.84. The predicted molar refractivity (Wildman–Crippen MR) is 134 cm³/mol. The van der Waals surface area contributed by atoms with E-state index in [0.29, 0.717) is 17.8 Å². The SMILES string of the molecule is O=C(NC1CCCc2c1[nH]c1ccccc21)C1CCC(Cn2cnc3ccccc3c2=O)CC1. The van der Waals surface area contributed by atoms with Crippen LogP contribution >= 0.6 is 0 Å². The van der Waals surface area contributed by atoms with E-state index in [4.69, 9.17) is 0 Å². The maximum Gasteiger partial charge on any atom is 0.261 e. The Morgan fingerprint density at radius 1 is 1.00 bits per heavy atom. The molecular formula is C28H30N4O2. The number of nitrogens with one attached hydrogen (secondary N) is 2. The molecule has 6 nitrogen and oxygen atoms in total. The lowest BCUT2D eigenvalue weighted by atomic mass is 9.81. The largest absolute Gasteiger partial charge is 0.356 e. The van der Waals surface area contributed by atoms with Gasteiger partial charge in [0.25, 0.3) is 5.56 Å². The van der Waals surface area contributed by atoms with Gasteiger partial charge in [0.05, 0.1) is 23.3 Å². The number of nitrogens with zero attached hydrogens (tertiary/aromatic N) is 2. The molecule has 1 atom stereocenters. The second kappa shape index (κ2) is 8.75. The Bertz CT molecular complexity index is 1410. The number of hydrogen-bond donors (Lipinski definition) is 2. The van der Waals surface area contributed by atoms with Crippen LogP contribution in [0.1, 0.15) is 55.8 Å². The minimum atomic E-state index is 0.0249. The molecule has 1 unspecified atom stereocenters. The Labute approximate surface area is 198 Å². The summed E-state index contributed by atoms with van der Waals surface area (Å²) >= 11 is 0. The molecule has 0 saturated heterocycles. The van der Waals surface area contributed by atoms with Crippen molar-refractivity contribution >= 4 is 27.7 Å². The number of hydrogen-bond acceptors (Lipinski definition) is 3. The molecule has 0 bridgehead atoms. The van der Waals surface area contributed by atoms with Crippen LogP contribution < -0.4 is 10.9 Å². The van der Waals surface area contributed by atoms with Gasteiger partial charge in [0.2, 0.25) is 5.91 Å². The van der Waals surface area contributed by atoms with Crippen molar-refractivity contribution in [2.24, 2.45) is 11.8 Å². The van der Waals surface area contributed by atoms with Crippen molar-refractivity contribution in [2.75, 3.05) is 0 Å². The number of aromatic amines is 1. The van der Waals surface area contributed by atoms with Crippen LogP contribution in [0.2, 0.25) is 0 Å². The van der Waals surface area contributed by atoms with Crippen LogP contribution in [0.3, 0.4) is 0 Å². The maximum atomic E-state index is 13.2. The van der Waals surface area contributed by atoms with Gasteiger partial charge in [-0.2, -0.15) is 0 Å². The molecule has 2 aromatic heterocycles. The first-order valence-electron chi connectivity index (χ1n) is 12.5. The van der Waals surface area contributed by atoms with Gasteiger partial charge in [-0.05, 0) is 74.6 Å². The summed E-state index contributed by atoms with van der Waals surface area (Å²) in [6, 6.07) is 16.0. The Balaban J connectivity index is 1.09. The summed E-state index contributed by atoms with van der Waals surface area (Å²) in [5, 5.41) is 5.32. The van der Waals surface area contributed by atoms with E-state index in [2.05, 4.69) is 39.6 Å². The molecule has 2 heterocycles. The normalized spacial score (nSPS) is 22.5. The summed E-state index contributed by atoms with van der Waals surface area (Å²) in [7, 11) is 0. The average molecular weight is 455 g/mol. The molecule has 1 fully saturated rings. The summed E-state index contributed by atoms with van der Waals surface area (Å²) in [5.74, 6) is 0.636. The fourth-order valence-corrected chi connectivity index (χ4v) is 5.97. The summed E-state index contributed by atoms with van der Waals surface area (Å²) < 4.78 is 1.74. The summed E-state index contributed by atoms with van der Waals surface area (Å²) in [6.45, 7) is 0.673. The van der Waals surface area contributed by atoms with Crippen LogP contribution in [0.15, 0.2) is 59.7 Å². The van der Waals surface area contributed by atoms with Crippen molar-refractivity contribution in [2.45, 2.75) is 57.5 Å². The molecule has 4 aromatic rings. The number of aryl methyl sites for hydroxylation is 1. The average Bonchev–Trinajstić information content (AvgIpc) is 3.26.